The van der Waals surface area contributed by atoms with E-state index in [0.29, 0.717) is 5.69 Å². The van der Waals surface area contributed by atoms with Gasteiger partial charge in [0.25, 0.3) is 5.91 Å². The molecule has 16 heavy (non-hydrogen) atoms. The van der Waals surface area contributed by atoms with E-state index < -0.39 is 10.7 Å². The van der Waals surface area contributed by atoms with Gasteiger partial charge >= 0.3 is 0 Å². The molecule has 1 rings (SSSR count). The Kier molecular flexibility index (Phi) is 4.17. The van der Waals surface area contributed by atoms with Crippen molar-refractivity contribution in [2.75, 3.05) is 4.90 Å². The van der Waals surface area contributed by atoms with Gasteiger partial charge < -0.3 is 0 Å². The molecule has 1 aromatic rings. The summed E-state index contributed by atoms with van der Waals surface area (Å²) in [6, 6.07) is 5.35. The van der Waals surface area contributed by atoms with Crippen LogP contribution in [-0.4, -0.2) is 10.7 Å². The zero-order valence-corrected chi connectivity index (χ0v) is 10.4. The molecule has 0 aromatic heterocycles. The van der Waals surface area contributed by atoms with Gasteiger partial charge in [0, 0.05) is 0 Å². The molecule has 0 saturated carbocycles. The Labute approximate surface area is 104 Å². The summed E-state index contributed by atoms with van der Waals surface area (Å²) in [7, 11) is 0. The fourth-order valence-corrected chi connectivity index (χ4v) is 1.49. The van der Waals surface area contributed by atoms with E-state index in [2.05, 4.69) is 0 Å². The van der Waals surface area contributed by atoms with Crippen LogP contribution in [0.3, 0.4) is 0 Å². The molecule has 0 fully saturated rings. The van der Waals surface area contributed by atoms with Gasteiger partial charge in [0.05, 0.1) is 5.69 Å². The number of carbonyl (C=O) groups excluding carboxylic acids is 1. The molecule has 0 radical (unpaired) electrons. The average Bonchev–Trinajstić information content (AvgIpc) is 2.24. The normalized spacial score (nSPS) is 10.0. The maximum absolute atomic E-state index is 11.6. The number of hydrogen-bond donors (Lipinski definition) is 0. The molecule has 3 nitrogen and oxygen atoms in total. The van der Waals surface area contributed by atoms with Crippen molar-refractivity contribution in [2.24, 2.45) is 0 Å². The largest absolute Gasteiger partial charge is 0.273 e. The summed E-state index contributed by atoms with van der Waals surface area (Å²) in [5.41, 5.74) is 2.36. The first-order valence-corrected chi connectivity index (χ1v) is 5.44. The van der Waals surface area contributed by atoms with E-state index in [1.807, 2.05) is 19.9 Å². The van der Waals surface area contributed by atoms with Crippen LogP contribution in [0.4, 0.5) is 5.69 Å². The maximum Gasteiger partial charge on any atom is 0.273 e. The van der Waals surface area contributed by atoms with Crippen molar-refractivity contribution in [1.29, 1.82) is 5.26 Å². The minimum Gasteiger partial charge on any atom is -0.270 e. The summed E-state index contributed by atoms with van der Waals surface area (Å²) < 4.78 is 0. The molecule has 0 bridgehead atoms. The van der Waals surface area contributed by atoms with Gasteiger partial charge in [-0.3, -0.25) is 4.79 Å². The molecule has 0 spiro atoms. The number of hydrogen-bond acceptors (Lipinski definition) is 2. The van der Waals surface area contributed by atoms with Crippen LogP contribution in [0, 0.1) is 25.3 Å². The first-order valence-electron chi connectivity index (χ1n) is 4.57. The number of amides is 1. The minimum absolute atomic E-state index is 0.513. The average molecular weight is 257 g/mol. The van der Waals surface area contributed by atoms with E-state index >= 15 is 0 Å². The van der Waals surface area contributed by atoms with E-state index in [4.69, 9.17) is 28.5 Å². The highest BCUT2D eigenvalue weighted by Gasteiger charge is 2.23. The van der Waals surface area contributed by atoms with Gasteiger partial charge in [-0.2, -0.15) is 5.26 Å². The number of benzene rings is 1. The first-order chi connectivity index (χ1) is 7.49. The molecular formula is C11H10Cl2N2O. The van der Waals surface area contributed by atoms with Gasteiger partial charge in [-0.05, 0) is 31.0 Å². The van der Waals surface area contributed by atoms with Crippen molar-refractivity contribution in [3.63, 3.8) is 0 Å². The third kappa shape index (κ3) is 2.46. The molecule has 0 atom stereocenters. The summed E-state index contributed by atoms with van der Waals surface area (Å²) in [4.78, 5) is 11.3. The second kappa shape index (κ2) is 5.20. The van der Waals surface area contributed by atoms with Gasteiger partial charge in [-0.25, -0.2) is 4.90 Å². The van der Waals surface area contributed by atoms with Crippen LogP contribution < -0.4 is 4.90 Å². The number of rotatable bonds is 2. The molecule has 1 amide bonds. The zero-order valence-electron chi connectivity index (χ0n) is 8.87. The summed E-state index contributed by atoms with van der Waals surface area (Å²) in [5.74, 6) is -0.639. The Balaban J connectivity index is 3.21. The van der Waals surface area contributed by atoms with Crippen molar-refractivity contribution >= 4 is 34.8 Å². The van der Waals surface area contributed by atoms with E-state index in [1.165, 1.54) is 0 Å². The Morgan fingerprint density at radius 3 is 2.56 bits per heavy atom. The van der Waals surface area contributed by atoms with Crippen LogP contribution in [-0.2, 0) is 4.79 Å². The fourth-order valence-electron chi connectivity index (χ4n) is 1.30. The van der Waals surface area contributed by atoms with Gasteiger partial charge in [-0.15, -0.1) is 0 Å². The van der Waals surface area contributed by atoms with Crippen LogP contribution in [0.15, 0.2) is 18.2 Å². The van der Waals surface area contributed by atoms with Crippen LogP contribution in [0.1, 0.15) is 11.1 Å². The fraction of sp³-hybridized carbons (Fsp3) is 0.273. The van der Waals surface area contributed by atoms with Gasteiger partial charge in [-0.1, -0.05) is 35.3 Å². The molecular weight excluding hydrogens is 247 g/mol. The second-order valence-corrected chi connectivity index (χ2v) is 4.39. The number of carbonyl (C=O) groups is 1. The van der Waals surface area contributed by atoms with Gasteiger partial charge in [0.15, 0.2) is 11.0 Å². The van der Waals surface area contributed by atoms with Crippen molar-refractivity contribution in [3.8, 4) is 6.19 Å². The van der Waals surface area contributed by atoms with E-state index in [9.17, 15) is 4.79 Å². The number of nitrogens with zero attached hydrogens (tertiary/aromatic N) is 2. The number of nitriles is 1. The molecule has 0 unspecified atom stereocenters. The Morgan fingerprint density at radius 2 is 2.06 bits per heavy atom. The molecule has 5 heteroatoms. The topological polar surface area (TPSA) is 44.1 Å². The van der Waals surface area contributed by atoms with Crippen LogP contribution in [0.2, 0.25) is 0 Å². The lowest BCUT2D eigenvalue weighted by molar-refractivity contribution is -0.116. The monoisotopic (exact) mass is 256 g/mol. The highest BCUT2D eigenvalue weighted by molar-refractivity contribution is 6.54. The third-order valence-corrected chi connectivity index (χ3v) is 2.70. The molecule has 0 aliphatic heterocycles. The zero-order chi connectivity index (χ0) is 12.3. The highest BCUT2D eigenvalue weighted by atomic mass is 35.5. The molecule has 84 valence electrons. The lowest BCUT2D eigenvalue weighted by Gasteiger charge is -2.17. The number of aryl methyl sites for hydroxylation is 1. The number of alkyl halides is 2. The van der Waals surface area contributed by atoms with Gasteiger partial charge in [0.1, 0.15) is 0 Å². The van der Waals surface area contributed by atoms with Crippen molar-refractivity contribution < 1.29 is 4.79 Å². The summed E-state index contributed by atoms with van der Waals surface area (Å²) in [6.07, 6.45) is 1.78. The van der Waals surface area contributed by atoms with Crippen molar-refractivity contribution in [3.05, 3.63) is 29.3 Å². The smallest absolute Gasteiger partial charge is 0.270 e. The summed E-state index contributed by atoms with van der Waals surface area (Å²) in [6.45, 7) is 3.73. The van der Waals surface area contributed by atoms with Crippen molar-refractivity contribution in [2.45, 2.75) is 18.7 Å². The van der Waals surface area contributed by atoms with Crippen molar-refractivity contribution in [1.82, 2.24) is 0 Å². The highest BCUT2D eigenvalue weighted by Crippen LogP contribution is 2.24. The summed E-state index contributed by atoms with van der Waals surface area (Å²) in [5, 5.41) is 8.95. The lowest BCUT2D eigenvalue weighted by atomic mass is 10.1. The Hall–Kier alpha value is -1.24. The predicted octanol–water partition coefficient (Wildman–Crippen LogP) is 2.92. The maximum atomic E-state index is 11.6. The Bertz CT molecular complexity index is 452. The molecule has 0 aliphatic carbocycles. The quantitative estimate of drug-likeness (QED) is 0.464. The number of anilines is 1. The SMILES string of the molecule is Cc1cccc(N(C#N)C(=O)C(Cl)Cl)c1C. The predicted molar refractivity (Wildman–Crippen MR) is 64.5 cm³/mol. The van der Waals surface area contributed by atoms with Crippen LogP contribution in [0.5, 0.6) is 0 Å². The van der Waals surface area contributed by atoms with Crippen LogP contribution >= 0.6 is 23.2 Å². The molecule has 1 aromatic carbocycles. The standard InChI is InChI=1S/C11H10Cl2N2O/c1-7-4-3-5-9(8(7)2)15(6-14)11(16)10(12)13/h3-5,10H,1-2H3. The Morgan fingerprint density at radius 1 is 1.44 bits per heavy atom. The van der Waals surface area contributed by atoms with E-state index in [-0.39, 0.29) is 0 Å². The molecule has 0 aliphatic rings. The molecule has 0 heterocycles. The molecule has 0 saturated heterocycles. The van der Waals surface area contributed by atoms with Gasteiger partial charge in [0.2, 0.25) is 0 Å². The van der Waals surface area contributed by atoms with E-state index in [1.54, 1.807) is 18.3 Å². The number of halogens is 2. The summed E-state index contributed by atoms with van der Waals surface area (Å²) >= 11 is 10.9. The minimum atomic E-state index is -1.24. The first kappa shape index (κ1) is 12.8. The second-order valence-electron chi connectivity index (χ2n) is 3.29. The van der Waals surface area contributed by atoms with E-state index in [0.717, 1.165) is 16.0 Å². The third-order valence-electron chi connectivity index (χ3n) is 2.32. The molecule has 0 N–H and O–H groups in total. The van der Waals surface area contributed by atoms with Crippen LogP contribution in [0.25, 0.3) is 0 Å². The lowest BCUT2D eigenvalue weighted by Crippen LogP contribution is -2.31.